The fourth-order valence-electron chi connectivity index (χ4n) is 3.31. The van der Waals surface area contributed by atoms with Gasteiger partial charge in [0.25, 0.3) is 0 Å². The van der Waals surface area contributed by atoms with Crippen molar-refractivity contribution in [2.45, 2.75) is 55.5 Å². The lowest BCUT2D eigenvalue weighted by molar-refractivity contribution is 0.0167. The molecular weight excluding hydrogens is 194 g/mol. The number of aliphatic hydroxyl groups excluding tert-OH is 1. The fourth-order valence-corrected chi connectivity index (χ4v) is 4.77. The third-order valence-electron chi connectivity index (χ3n) is 4.06. The zero-order chi connectivity index (χ0) is 9.54. The molecule has 14 heavy (non-hydrogen) atoms. The van der Waals surface area contributed by atoms with Gasteiger partial charge in [-0.15, -0.1) is 0 Å². The molecule has 1 N–H and O–H groups in total. The van der Waals surface area contributed by atoms with Gasteiger partial charge in [-0.05, 0) is 19.3 Å². The topological polar surface area (TPSA) is 23.5 Å². The lowest BCUT2D eigenvalue weighted by Gasteiger charge is -2.39. The van der Waals surface area contributed by atoms with Crippen LogP contribution in [0.5, 0.6) is 0 Å². The van der Waals surface area contributed by atoms with Crippen molar-refractivity contribution in [1.82, 2.24) is 4.90 Å². The third kappa shape index (κ3) is 1.50. The van der Waals surface area contributed by atoms with Crippen LogP contribution in [0.2, 0.25) is 0 Å². The van der Waals surface area contributed by atoms with Crippen LogP contribution >= 0.6 is 11.8 Å². The molecule has 80 valence electrons. The van der Waals surface area contributed by atoms with Crippen LogP contribution in [0.3, 0.4) is 0 Å². The summed E-state index contributed by atoms with van der Waals surface area (Å²) >= 11 is 2.14. The fraction of sp³-hybridized carbons (Fsp3) is 1.00. The molecule has 1 saturated carbocycles. The number of aliphatic hydroxyl groups is 1. The third-order valence-corrected chi connectivity index (χ3v) is 5.45. The van der Waals surface area contributed by atoms with E-state index in [1.807, 2.05) is 0 Å². The normalized spacial score (nSPS) is 48.6. The molecule has 0 spiro atoms. The Morgan fingerprint density at radius 1 is 1.21 bits per heavy atom. The molecule has 1 aliphatic carbocycles. The maximum atomic E-state index is 10.0. The number of hydrogen-bond donors (Lipinski definition) is 1. The highest BCUT2D eigenvalue weighted by Crippen LogP contribution is 2.40. The van der Waals surface area contributed by atoms with Gasteiger partial charge in [-0.1, -0.05) is 12.8 Å². The Morgan fingerprint density at radius 2 is 2.07 bits per heavy atom. The zero-order valence-electron chi connectivity index (χ0n) is 8.56. The summed E-state index contributed by atoms with van der Waals surface area (Å²) in [4.78, 5) is 2.62. The van der Waals surface area contributed by atoms with Gasteiger partial charge in [0.2, 0.25) is 0 Å². The van der Waals surface area contributed by atoms with Crippen LogP contribution in [0.1, 0.15) is 32.1 Å². The van der Waals surface area contributed by atoms with Gasteiger partial charge in [0, 0.05) is 29.6 Å². The molecule has 3 fully saturated rings. The van der Waals surface area contributed by atoms with Crippen molar-refractivity contribution < 1.29 is 5.11 Å². The maximum Gasteiger partial charge on any atom is 0.0695 e. The van der Waals surface area contributed by atoms with Crippen molar-refractivity contribution in [2.75, 3.05) is 12.3 Å². The summed E-state index contributed by atoms with van der Waals surface area (Å²) in [7, 11) is 0. The molecular formula is C11H19NOS. The molecule has 0 aromatic carbocycles. The van der Waals surface area contributed by atoms with E-state index in [2.05, 4.69) is 16.7 Å². The molecule has 3 heteroatoms. The summed E-state index contributed by atoms with van der Waals surface area (Å²) < 4.78 is 0. The van der Waals surface area contributed by atoms with Gasteiger partial charge in [0.05, 0.1) is 6.10 Å². The van der Waals surface area contributed by atoms with Crippen molar-refractivity contribution >= 4 is 11.8 Å². The first-order valence-electron chi connectivity index (χ1n) is 5.90. The first kappa shape index (κ1) is 9.49. The molecule has 2 aliphatic heterocycles. The van der Waals surface area contributed by atoms with E-state index in [1.54, 1.807) is 0 Å². The van der Waals surface area contributed by atoms with Crippen LogP contribution < -0.4 is 0 Å². The van der Waals surface area contributed by atoms with Crippen LogP contribution in [-0.2, 0) is 0 Å². The highest BCUT2D eigenvalue weighted by Gasteiger charge is 2.43. The minimum absolute atomic E-state index is 0.0342. The van der Waals surface area contributed by atoms with Crippen LogP contribution in [0, 0.1) is 0 Å². The van der Waals surface area contributed by atoms with Gasteiger partial charge in [0.1, 0.15) is 0 Å². The number of hydrogen-bond acceptors (Lipinski definition) is 3. The first-order valence-corrected chi connectivity index (χ1v) is 6.95. The second-order valence-corrected chi connectivity index (χ2v) is 6.29. The Balaban J connectivity index is 1.69. The lowest BCUT2D eigenvalue weighted by atomic mass is 9.91. The molecule has 3 aliphatic rings. The van der Waals surface area contributed by atoms with Crippen molar-refractivity contribution in [1.29, 1.82) is 0 Å². The Labute approximate surface area is 90.0 Å². The number of rotatable bonds is 1. The van der Waals surface area contributed by atoms with Crippen LogP contribution in [0.4, 0.5) is 0 Å². The maximum absolute atomic E-state index is 10.0. The number of fused-ring (bicyclic) bond motifs is 2. The van der Waals surface area contributed by atoms with E-state index in [0.717, 1.165) is 17.7 Å². The van der Waals surface area contributed by atoms with Gasteiger partial charge in [-0.3, -0.25) is 4.90 Å². The standard InChI is InChI=1S/C11H19NOS/c13-11-4-2-1-3-10(11)12-6-9-5-8(12)7-14-9/h8-11,13H,1-7H2/t8?,9?,10-,11-/m1/s1. The molecule has 2 saturated heterocycles. The van der Waals surface area contributed by atoms with Crippen molar-refractivity contribution in [2.24, 2.45) is 0 Å². The van der Waals surface area contributed by atoms with Crippen LogP contribution in [0.25, 0.3) is 0 Å². The van der Waals surface area contributed by atoms with Crippen LogP contribution in [-0.4, -0.2) is 45.7 Å². The summed E-state index contributed by atoms with van der Waals surface area (Å²) in [6.07, 6.45) is 6.17. The SMILES string of the molecule is O[C@@H]1CCCC[C@H]1N1CC2CC1CS2. The predicted molar refractivity (Wildman–Crippen MR) is 59.6 cm³/mol. The number of thioether (sulfide) groups is 1. The van der Waals surface area contributed by atoms with Crippen LogP contribution in [0.15, 0.2) is 0 Å². The van der Waals surface area contributed by atoms with Gasteiger partial charge in [-0.25, -0.2) is 0 Å². The smallest absolute Gasteiger partial charge is 0.0695 e. The molecule has 2 unspecified atom stereocenters. The minimum atomic E-state index is -0.0342. The van der Waals surface area contributed by atoms with E-state index < -0.39 is 0 Å². The molecule has 2 nitrogen and oxygen atoms in total. The molecule has 3 rings (SSSR count). The van der Waals surface area contributed by atoms with E-state index >= 15 is 0 Å². The van der Waals surface area contributed by atoms with Gasteiger partial charge in [0.15, 0.2) is 0 Å². The predicted octanol–water partition coefficient (Wildman–Crippen LogP) is 1.48. The minimum Gasteiger partial charge on any atom is -0.391 e. The Hall–Kier alpha value is 0.270. The van der Waals surface area contributed by atoms with E-state index in [4.69, 9.17) is 0 Å². The molecule has 4 atom stereocenters. The largest absolute Gasteiger partial charge is 0.391 e. The van der Waals surface area contributed by atoms with Crippen molar-refractivity contribution in [3.63, 3.8) is 0 Å². The van der Waals surface area contributed by atoms with Crippen molar-refractivity contribution in [3.05, 3.63) is 0 Å². The molecule has 0 aromatic heterocycles. The summed E-state index contributed by atoms with van der Waals surface area (Å²) in [6, 6.07) is 1.29. The highest BCUT2D eigenvalue weighted by atomic mass is 32.2. The Bertz CT molecular complexity index is 223. The van der Waals surface area contributed by atoms with E-state index in [0.29, 0.717) is 6.04 Å². The monoisotopic (exact) mass is 213 g/mol. The Morgan fingerprint density at radius 3 is 2.71 bits per heavy atom. The molecule has 0 aromatic rings. The van der Waals surface area contributed by atoms with Crippen molar-refractivity contribution in [3.8, 4) is 0 Å². The quantitative estimate of drug-likeness (QED) is 0.714. The molecule has 2 heterocycles. The van der Waals surface area contributed by atoms with E-state index in [1.165, 1.54) is 38.0 Å². The first-order chi connectivity index (χ1) is 6.84. The molecule has 2 bridgehead atoms. The number of nitrogens with zero attached hydrogens (tertiary/aromatic N) is 1. The highest BCUT2D eigenvalue weighted by molar-refractivity contribution is 8.00. The van der Waals surface area contributed by atoms with Gasteiger partial charge < -0.3 is 5.11 Å². The summed E-state index contributed by atoms with van der Waals surface area (Å²) in [5, 5.41) is 10.9. The summed E-state index contributed by atoms with van der Waals surface area (Å²) in [5.74, 6) is 1.31. The lowest BCUT2D eigenvalue weighted by Crippen LogP contribution is -2.49. The second-order valence-electron chi connectivity index (χ2n) is 4.96. The summed E-state index contributed by atoms with van der Waals surface area (Å²) in [6.45, 7) is 1.25. The average molecular weight is 213 g/mol. The van der Waals surface area contributed by atoms with Gasteiger partial charge >= 0.3 is 0 Å². The Kier molecular flexibility index (Phi) is 2.50. The molecule has 0 amide bonds. The number of likely N-dealkylation sites (tertiary alicyclic amines) is 1. The van der Waals surface area contributed by atoms with E-state index in [-0.39, 0.29) is 6.10 Å². The molecule has 0 radical (unpaired) electrons. The summed E-state index contributed by atoms with van der Waals surface area (Å²) in [5.41, 5.74) is 0. The second kappa shape index (κ2) is 3.69. The average Bonchev–Trinajstić information content (AvgIpc) is 2.79. The van der Waals surface area contributed by atoms with Gasteiger partial charge in [-0.2, -0.15) is 11.8 Å². The van der Waals surface area contributed by atoms with E-state index in [9.17, 15) is 5.11 Å². The zero-order valence-corrected chi connectivity index (χ0v) is 9.38.